The van der Waals surface area contributed by atoms with Crippen LogP contribution in [0.15, 0.2) is 30.5 Å². The van der Waals surface area contributed by atoms with E-state index in [-0.39, 0.29) is 5.75 Å². The molecule has 1 aliphatic rings. The van der Waals surface area contributed by atoms with Gasteiger partial charge in [-0.15, -0.1) is 0 Å². The van der Waals surface area contributed by atoms with Crippen LogP contribution in [0, 0.1) is 5.92 Å². The molecular formula is C15H19N3O. The number of pyridine rings is 1. The van der Waals surface area contributed by atoms with E-state index in [0.717, 1.165) is 36.0 Å². The van der Waals surface area contributed by atoms with Crippen LogP contribution in [-0.2, 0) is 0 Å². The summed E-state index contributed by atoms with van der Waals surface area (Å²) in [6.07, 6.45) is 5.19. The number of phenols is 1. The van der Waals surface area contributed by atoms with E-state index in [2.05, 4.69) is 10.3 Å². The van der Waals surface area contributed by atoms with Crippen LogP contribution in [0.3, 0.4) is 0 Å². The molecular weight excluding hydrogens is 238 g/mol. The van der Waals surface area contributed by atoms with Crippen LogP contribution in [0.2, 0.25) is 0 Å². The highest BCUT2D eigenvalue weighted by Crippen LogP contribution is 2.27. The van der Waals surface area contributed by atoms with Crippen molar-refractivity contribution in [3.05, 3.63) is 30.5 Å². The van der Waals surface area contributed by atoms with Gasteiger partial charge in [-0.1, -0.05) is 6.07 Å². The number of nitrogens with zero attached hydrogens (tertiary/aromatic N) is 1. The van der Waals surface area contributed by atoms with Gasteiger partial charge in [-0.25, -0.2) is 4.98 Å². The zero-order chi connectivity index (χ0) is 13.2. The van der Waals surface area contributed by atoms with Crippen molar-refractivity contribution in [2.45, 2.75) is 25.3 Å². The number of hydrogen-bond donors (Lipinski definition) is 3. The lowest BCUT2D eigenvalue weighted by Crippen LogP contribution is -2.18. The first-order chi connectivity index (χ1) is 9.22. The Kier molecular flexibility index (Phi) is 3.25. The van der Waals surface area contributed by atoms with Gasteiger partial charge >= 0.3 is 0 Å². The van der Waals surface area contributed by atoms with Crippen molar-refractivity contribution in [2.75, 3.05) is 11.9 Å². The van der Waals surface area contributed by atoms with Gasteiger partial charge in [0.15, 0.2) is 0 Å². The predicted molar refractivity (Wildman–Crippen MR) is 77.2 cm³/mol. The molecule has 1 aromatic carbocycles. The molecule has 0 bridgehead atoms. The third-order valence-corrected chi connectivity index (χ3v) is 3.89. The smallest absolute Gasteiger partial charge is 0.133 e. The molecule has 1 aromatic heterocycles. The third kappa shape index (κ3) is 2.63. The van der Waals surface area contributed by atoms with Crippen LogP contribution in [-0.4, -0.2) is 22.7 Å². The molecule has 1 aliphatic carbocycles. The number of nitrogens with one attached hydrogen (secondary N) is 1. The van der Waals surface area contributed by atoms with Crippen LogP contribution in [0.25, 0.3) is 10.8 Å². The summed E-state index contributed by atoms with van der Waals surface area (Å²) < 4.78 is 0. The van der Waals surface area contributed by atoms with E-state index in [4.69, 9.17) is 5.73 Å². The average Bonchev–Trinajstić information content (AvgIpc) is 2.82. The van der Waals surface area contributed by atoms with Crippen LogP contribution < -0.4 is 11.1 Å². The maximum Gasteiger partial charge on any atom is 0.133 e. The normalized spacial score (nSPS) is 22.8. The van der Waals surface area contributed by atoms with Crippen molar-refractivity contribution in [3.8, 4) is 5.75 Å². The first-order valence-electron chi connectivity index (χ1n) is 6.79. The number of rotatable bonds is 3. The van der Waals surface area contributed by atoms with Gasteiger partial charge in [0, 0.05) is 24.2 Å². The highest BCUT2D eigenvalue weighted by molar-refractivity contribution is 5.92. The molecule has 19 heavy (non-hydrogen) atoms. The Morgan fingerprint density at radius 3 is 3.00 bits per heavy atom. The fourth-order valence-electron chi connectivity index (χ4n) is 2.84. The zero-order valence-corrected chi connectivity index (χ0v) is 10.8. The second kappa shape index (κ2) is 5.05. The van der Waals surface area contributed by atoms with Crippen LogP contribution in [0.4, 0.5) is 5.82 Å². The van der Waals surface area contributed by atoms with E-state index in [1.165, 1.54) is 6.42 Å². The Hall–Kier alpha value is -1.81. The molecule has 0 amide bonds. The number of aromatic nitrogens is 1. The molecule has 2 atom stereocenters. The van der Waals surface area contributed by atoms with E-state index in [0.29, 0.717) is 12.0 Å². The number of anilines is 1. The topological polar surface area (TPSA) is 71.2 Å². The van der Waals surface area contributed by atoms with Gasteiger partial charge in [-0.2, -0.15) is 0 Å². The first kappa shape index (κ1) is 12.2. The van der Waals surface area contributed by atoms with E-state index in [1.54, 1.807) is 18.3 Å². The van der Waals surface area contributed by atoms with E-state index in [9.17, 15) is 5.11 Å². The summed E-state index contributed by atoms with van der Waals surface area (Å²) in [6.45, 7) is 0.898. The lowest BCUT2D eigenvalue weighted by Gasteiger charge is -2.13. The van der Waals surface area contributed by atoms with E-state index >= 15 is 0 Å². The fourth-order valence-corrected chi connectivity index (χ4v) is 2.84. The molecule has 1 saturated carbocycles. The van der Waals surface area contributed by atoms with Crippen molar-refractivity contribution < 1.29 is 5.11 Å². The molecule has 2 unspecified atom stereocenters. The summed E-state index contributed by atoms with van der Waals surface area (Å²) >= 11 is 0. The lowest BCUT2D eigenvalue weighted by molar-refractivity contribution is 0.476. The number of hydrogen-bond acceptors (Lipinski definition) is 4. The average molecular weight is 257 g/mol. The predicted octanol–water partition coefficient (Wildman–Crippen LogP) is 2.48. The SMILES string of the molecule is NC1CCC(CNc2nccc3ccc(O)cc23)C1. The van der Waals surface area contributed by atoms with Crippen molar-refractivity contribution in [3.63, 3.8) is 0 Å². The highest BCUT2D eigenvalue weighted by atomic mass is 16.3. The van der Waals surface area contributed by atoms with Crippen molar-refractivity contribution >= 4 is 16.6 Å². The van der Waals surface area contributed by atoms with Crippen molar-refractivity contribution in [2.24, 2.45) is 11.7 Å². The summed E-state index contributed by atoms with van der Waals surface area (Å²) in [4.78, 5) is 4.37. The molecule has 1 fully saturated rings. The molecule has 2 aromatic rings. The minimum atomic E-state index is 0.270. The van der Waals surface area contributed by atoms with Gasteiger partial charge in [-0.05, 0) is 48.8 Å². The Labute approximate surface area is 112 Å². The second-order valence-electron chi connectivity index (χ2n) is 5.39. The largest absolute Gasteiger partial charge is 0.508 e. The zero-order valence-electron chi connectivity index (χ0n) is 10.8. The van der Waals surface area contributed by atoms with Crippen LogP contribution in [0.5, 0.6) is 5.75 Å². The molecule has 0 saturated heterocycles. The quantitative estimate of drug-likeness (QED) is 0.790. The Bertz CT molecular complexity index is 585. The number of benzene rings is 1. The lowest BCUT2D eigenvalue weighted by atomic mass is 10.1. The summed E-state index contributed by atoms with van der Waals surface area (Å²) in [5.41, 5.74) is 5.93. The molecule has 4 nitrogen and oxygen atoms in total. The Balaban J connectivity index is 1.78. The van der Waals surface area contributed by atoms with Gasteiger partial charge in [0.05, 0.1) is 0 Å². The fraction of sp³-hybridized carbons (Fsp3) is 0.400. The molecule has 3 rings (SSSR count). The summed E-state index contributed by atoms with van der Waals surface area (Å²) in [7, 11) is 0. The van der Waals surface area contributed by atoms with Crippen LogP contribution in [0.1, 0.15) is 19.3 Å². The summed E-state index contributed by atoms with van der Waals surface area (Å²) in [5, 5.41) is 15.0. The van der Waals surface area contributed by atoms with E-state index < -0.39 is 0 Å². The van der Waals surface area contributed by atoms with Gasteiger partial charge in [0.25, 0.3) is 0 Å². The molecule has 0 spiro atoms. The van der Waals surface area contributed by atoms with Gasteiger partial charge in [0.2, 0.25) is 0 Å². The van der Waals surface area contributed by atoms with Gasteiger partial charge in [0.1, 0.15) is 11.6 Å². The molecule has 1 heterocycles. The maximum absolute atomic E-state index is 9.60. The second-order valence-corrected chi connectivity index (χ2v) is 5.39. The minimum absolute atomic E-state index is 0.270. The van der Waals surface area contributed by atoms with Gasteiger partial charge < -0.3 is 16.2 Å². The Morgan fingerprint density at radius 1 is 1.32 bits per heavy atom. The molecule has 0 aliphatic heterocycles. The Morgan fingerprint density at radius 2 is 2.21 bits per heavy atom. The molecule has 4 N–H and O–H groups in total. The number of phenolic OH excluding ortho intramolecular Hbond substituents is 1. The monoisotopic (exact) mass is 257 g/mol. The van der Waals surface area contributed by atoms with Crippen LogP contribution >= 0.6 is 0 Å². The summed E-state index contributed by atoms with van der Waals surface area (Å²) in [6, 6.07) is 7.66. The number of nitrogens with two attached hydrogens (primary N) is 1. The molecule has 4 heteroatoms. The highest BCUT2D eigenvalue weighted by Gasteiger charge is 2.21. The number of aromatic hydroxyl groups is 1. The first-order valence-corrected chi connectivity index (χ1v) is 6.79. The standard InChI is InChI=1S/C15H19N3O/c16-12-3-1-10(7-12)9-18-15-14-8-13(19)4-2-11(14)5-6-17-15/h2,4-6,8,10,12,19H,1,3,7,9,16H2,(H,17,18). The molecule has 0 radical (unpaired) electrons. The molecule has 100 valence electrons. The number of fused-ring (bicyclic) bond motifs is 1. The van der Waals surface area contributed by atoms with E-state index in [1.807, 2.05) is 12.1 Å². The van der Waals surface area contributed by atoms with Gasteiger partial charge in [-0.3, -0.25) is 0 Å². The maximum atomic E-state index is 9.60. The summed E-state index contributed by atoms with van der Waals surface area (Å²) in [5.74, 6) is 1.74. The minimum Gasteiger partial charge on any atom is -0.508 e. The van der Waals surface area contributed by atoms with Crippen molar-refractivity contribution in [1.82, 2.24) is 4.98 Å². The van der Waals surface area contributed by atoms with Crippen molar-refractivity contribution in [1.29, 1.82) is 0 Å². The third-order valence-electron chi connectivity index (χ3n) is 3.89.